The van der Waals surface area contributed by atoms with E-state index in [-0.39, 0.29) is 47.5 Å². The van der Waals surface area contributed by atoms with E-state index < -0.39 is 0 Å². The molecule has 1 heterocycles. The van der Waals surface area contributed by atoms with Gasteiger partial charge in [0.1, 0.15) is 11.6 Å². The molecule has 0 aromatic carbocycles. The summed E-state index contributed by atoms with van der Waals surface area (Å²) in [6.45, 7) is 5.69. The molecule has 0 saturated carbocycles. The number of nitrogens with zero attached hydrogens (tertiary/aromatic N) is 1. The van der Waals surface area contributed by atoms with E-state index in [2.05, 4.69) is 23.8 Å². The van der Waals surface area contributed by atoms with Gasteiger partial charge >= 0.3 is 29.6 Å². The van der Waals surface area contributed by atoms with Crippen LogP contribution in [0.25, 0.3) is 0 Å². The van der Waals surface area contributed by atoms with Gasteiger partial charge in [-0.15, -0.1) is 6.61 Å². The van der Waals surface area contributed by atoms with Gasteiger partial charge in [0.15, 0.2) is 0 Å². The number of H-pyrrole nitrogens is 1. The Labute approximate surface area is 118 Å². The first-order valence-corrected chi connectivity index (χ1v) is 4.93. The smallest absolute Gasteiger partial charge is 0.855 e. The number of nitrogen functional groups attached to an aromatic ring is 1. The van der Waals surface area contributed by atoms with Crippen LogP contribution in [0, 0.1) is 5.92 Å². The van der Waals surface area contributed by atoms with Gasteiger partial charge in [0.2, 0.25) is 0 Å². The molecule has 0 bridgehead atoms. The number of rotatable bonds is 2. The van der Waals surface area contributed by atoms with Gasteiger partial charge in [-0.3, -0.25) is 4.79 Å². The Kier molecular flexibility index (Phi) is 11.1. The Morgan fingerprint density at radius 1 is 1.56 bits per heavy atom. The van der Waals surface area contributed by atoms with Crippen LogP contribution in [0.3, 0.4) is 0 Å². The Morgan fingerprint density at radius 3 is 2.44 bits per heavy atom. The quantitative estimate of drug-likeness (QED) is 0.531. The predicted molar refractivity (Wildman–Crippen MR) is 58.4 cm³/mol. The average Bonchev–Trinajstić information content (AvgIpc) is 2.00. The van der Waals surface area contributed by atoms with E-state index in [1.165, 1.54) is 6.07 Å². The van der Waals surface area contributed by atoms with Crippen LogP contribution in [-0.4, -0.2) is 16.6 Å². The van der Waals surface area contributed by atoms with Crippen molar-refractivity contribution in [2.24, 2.45) is 5.92 Å². The number of nitrogens with one attached hydrogen (secondary N) is 1. The monoisotopic (exact) mass is 235 g/mol. The van der Waals surface area contributed by atoms with Crippen molar-refractivity contribution in [1.29, 1.82) is 0 Å². The van der Waals surface area contributed by atoms with Crippen molar-refractivity contribution in [1.82, 2.24) is 9.97 Å². The SMILES string of the molecule is CC(C)Cc1nc(N)cc(=O)[nH]1.CC[O-].[Na+]. The van der Waals surface area contributed by atoms with Crippen LogP contribution in [-0.2, 0) is 6.42 Å². The van der Waals surface area contributed by atoms with E-state index in [4.69, 9.17) is 10.8 Å². The maximum atomic E-state index is 10.9. The van der Waals surface area contributed by atoms with Gasteiger partial charge < -0.3 is 15.8 Å². The zero-order valence-electron chi connectivity index (χ0n) is 10.4. The summed E-state index contributed by atoms with van der Waals surface area (Å²) in [4.78, 5) is 17.5. The van der Waals surface area contributed by atoms with Crippen molar-refractivity contribution in [2.75, 3.05) is 12.3 Å². The number of nitrogens with two attached hydrogens (primary N) is 1. The number of aromatic amines is 1. The third kappa shape index (κ3) is 8.91. The molecule has 0 fully saturated rings. The molecule has 1 aromatic rings. The molecule has 0 aliphatic rings. The molecule has 6 heteroatoms. The second-order valence-electron chi connectivity index (χ2n) is 3.50. The number of hydrogen-bond donors (Lipinski definition) is 2. The van der Waals surface area contributed by atoms with Gasteiger partial charge in [-0.2, -0.15) is 0 Å². The minimum absolute atomic E-state index is 0. The van der Waals surface area contributed by atoms with Crippen LogP contribution >= 0.6 is 0 Å². The zero-order chi connectivity index (χ0) is 11.8. The van der Waals surface area contributed by atoms with Crippen LogP contribution < -0.4 is 46.0 Å². The molecule has 86 valence electrons. The van der Waals surface area contributed by atoms with Crippen LogP contribution in [0.5, 0.6) is 0 Å². The van der Waals surface area contributed by atoms with Crippen molar-refractivity contribution in [3.63, 3.8) is 0 Å². The third-order valence-corrected chi connectivity index (χ3v) is 1.41. The second-order valence-corrected chi connectivity index (χ2v) is 3.50. The largest absolute Gasteiger partial charge is 1.00 e. The summed E-state index contributed by atoms with van der Waals surface area (Å²) in [6.07, 6.45) is 0.750. The zero-order valence-corrected chi connectivity index (χ0v) is 12.4. The molecular weight excluding hydrogens is 217 g/mol. The Balaban J connectivity index is 0. The van der Waals surface area contributed by atoms with Gasteiger partial charge in [-0.25, -0.2) is 4.98 Å². The van der Waals surface area contributed by atoms with Crippen LogP contribution in [0.1, 0.15) is 26.6 Å². The fraction of sp³-hybridized carbons (Fsp3) is 0.600. The molecular formula is C10H18N3NaO2. The molecule has 0 aliphatic heterocycles. The Bertz CT molecular complexity index is 339. The molecule has 5 nitrogen and oxygen atoms in total. The first-order valence-electron chi connectivity index (χ1n) is 4.93. The van der Waals surface area contributed by atoms with Crippen molar-refractivity contribution in [3.8, 4) is 0 Å². The van der Waals surface area contributed by atoms with Gasteiger partial charge in [0.05, 0.1) is 0 Å². The molecule has 16 heavy (non-hydrogen) atoms. The molecule has 0 unspecified atom stereocenters. The molecule has 3 N–H and O–H groups in total. The van der Waals surface area contributed by atoms with E-state index in [0.717, 1.165) is 6.42 Å². The van der Waals surface area contributed by atoms with Crippen molar-refractivity contribution in [3.05, 3.63) is 22.2 Å². The summed E-state index contributed by atoms with van der Waals surface area (Å²) in [5.41, 5.74) is 5.22. The van der Waals surface area contributed by atoms with Gasteiger partial charge in [-0.1, -0.05) is 20.8 Å². The summed E-state index contributed by atoms with van der Waals surface area (Å²) in [6, 6.07) is 1.28. The van der Waals surface area contributed by atoms with Gasteiger partial charge in [-0.05, 0) is 5.92 Å². The topological polar surface area (TPSA) is 94.8 Å². The minimum Gasteiger partial charge on any atom is -0.855 e. The number of aromatic nitrogens is 2. The molecule has 0 atom stereocenters. The summed E-state index contributed by atoms with van der Waals surface area (Å²) < 4.78 is 0. The van der Waals surface area contributed by atoms with E-state index in [1.54, 1.807) is 6.92 Å². The molecule has 1 rings (SSSR count). The fourth-order valence-electron chi connectivity index (χ4n) is 1.01. The van der Waals surface area contributed by atoms with Crippen LogP contribution in [0.4, 0.5) is 5.82 Å². The summed E-state index contributed by atoms with van der Waals surface area (Å²) in [5, 5.41) is 8.93. The molecule has 0 radical (unpaired) electrons. The van der Waals surface area contributed by atoms with E-state index in [0.29, 0.717) is 11.7 Å². The second kappa shape index (κ2) is 9.84. The fourth-order valence-corrected chi connectivity index (χ4v) is 1.01. The summed E-state index contributed by atoms with van der Waals surface area (Å²) in [7, 11) is 0. The van der Waals surface area contributed by atoms with Crippen LogP contribution in [0.15, 0.2) is 10.9 Å². The summed E-state index contributed by atoms with van der Waals surface area (Å²) in [5.74, 6) is 1.42. The molecule has 0 aliphatic carbocycles. The summed E-state index contributed by atoms with van der Waals surface area (Å²) >= 11 is 0. The van der Waals surface area contributed by atoms with Gasteiger partial charge in [0.25, 0.3) is 5.56 Å². The average molecular weight is 235 g/mol. The Hall–Kier alpha value is -0.360. The molecule has 0 amide bonds. The Morgan fingerprint density at radius 2 is 2.06 bits per heavy atom. The van der Waals surface area contributed by atoms with E-state index in [1.807, 2.05) is 0 Å². The first-order chi connectivity index (χ1) is 6.99. The first kappa shape index (κ1) is 18.0. The third-order valence-electron chi connectivity index (χ3n) is 1.41. The minimum atomic E-state index is -0.182. The number of hydrogen-bond acceptors (Lipinski definition) is 4. The normalized spacial score (nSPS) is 9.06. The molecule has 1 aromatic heterocycles. The van der Waals surface area contributed by atoms with E-state index >= 15 is 0 Å². The van der Waals surface area contributed by atoms with Crippen LogP contribution in [0.2, 0.25) is 0 Å². The van der Waals surface area contributed by atoms with Crippen molar-refractivity contribution in [2.45, 2.75) is 27.2 Å². The number of anilines is 1. The molecule has 0 saturated heterocycles. The maximum absolute atomic E-state index is 10.9. The van der Waals surface area contributed by atoms with Crippen molar-refractivity contribution >= 4 is 5.82 Å². The standard InChI is InChI=1S/C8H13N3O.C2H5O.Na/c1-5(2)3-7-10-6(9)4-8(12)11-7;1-2-3;/h4-5H,3H2,1-2H3,(H3,9,10,11,12);2H2,1H3;/q;-1;+1. The van der Waals surface area contributed by atoms with Gasteiger partial charge in [0, 0.05) is 12.5 Å². The maximum Gasteiger partial charge on any atom is 1.00 e. The van der Waals surface area contributed by atoms with Crippen molar-refractivity contribution < 1.29 is 34.7 Å². The predicted octanol–water partition coefficient (Wildman–Crippen LogP) is -3.08. The van der Waals surface area contributed by atoms with E-state index in [9.17, 15) is 4.79 Å². The molecule has 0 spiro atoms.